The number of nitrogens with one attached hydrogen (secondary N) is 1. The molecule has 0 spiro atoms. The molecule has 0 aliphatic carbocycles. The Hall–Kier alpha value is -1.94. The van der Waals surface area contributed by atoms with Crippen molar-refractivity contribution >= 4 is 5.82 Å². The Morgan fingerprint density at radius 1 is 1.17 bits per heavy atom. The van der Waals surface area contributed by atoms with Gasteiger partial charge in [0, 0.05) is 37.8 Å². The van der Waals surface area contributed by atoms with E-state index < -0.39 is 0 Å². The van der Waals surface area contributed by atoms with Crippen molar-refractivity contribution in [3.63, 3.8) is 0 Å². The van der Waals surface area contributed by atoms with Crippen LogP contribution in [0.4, 0.5) is 5.82 Å². The molecule has 1 aliphatic heterocycles. The highest BCUT2D eigenvalue weighted by atomic mass is 15.2. The lowest BCUT2D eigenvalue weighted by molar-refractivity contribution is 0.319. The fraction of sp³-hybridized carbons (Fsp3) is 0.474. The lowest BCUT2D eigenvalue weighted by Crippen LogP contribution is -2.28. The van der Waals surface area contributed by atoms with E-state index in [0.717, 1.165) is 31.3 Å². The first-order valence-electron chi connectivity index (χ1n) is 8.47. The molecule has 0 radical (unpaired) electrons. The van der Waals surface area contributed by atoms with Crippen LogP contribution in [0.5, 0.6) is 0 Å². The highest BCUT2D eigenvalue weighted by Gasteiger charge is 2.29. The Balaban J connectivity index is 1.62. The summed E-state index contributed by atoms with van der Waals surface area (Å²) >= 11 is 0. The van der Waals surface area contributed by atoms with Crippen molar-refractivity contribution < 1.29 is 0 Å². The first kappa shape index (κ1) is 15.9. The van der Waals surface area contributed by atoms with Crippen molar-refractivity contribution in [3.05, 3.63) is 54.0 Å². The van der Waals surface area contributed by atoms with E-state index in [1.807, 2.05) is 12.3 Å². The molecule has 0 bridgehead atoms. The normalized spacial score (nSPS) is 21.7. The van der Waals surface area contributed by atoms with E-state index in [1.165, 1.54) is 5.56 Å². The highest BCUT2D eigenvalue weighted by Crippen LogP contribution is 2.22. The summed E-state index contributed by atoms with van der Waals surface area (Å²) in [6.45, 7) is 9.75. The van der Waals surface area contributed by atoms with Crippen molar-refractivity contribution in [2.24, 2.45) is 5.92 Å². The topological polar surface area (TPSA) is 41.1 Å². The number of hydrogen-bond acceptors (Lipinski definition) is 4. The van der Waals surface area contributed by atoms with Gasteiger partial charge in [0.2, 0.25) is 0 Å². The molecule has 4 nitrogen and oxygen atoms in total. The molecule has 1 aliphatic rings. The Morgan fingerprint density at radius 2 is 1.96 bits per heavy atom. The van der Waals surface area contributed by atoms with Gasteiger partial charge in [0.05, 0.1) is 0 Å². The molecular weight excluding hydrogens is 284 g/mol. The predicted molar refractivity (Wildman–Crippen MR) is 94.4 cm³/mol. The minimum Gasteiger partial charge on any atom is -0.366 e. The van der Waals surface area contributed by atoms with Crippen LogP contribution >= 0.6 is 0 Å². The third-order valence-electron chi connectivity index (χ3n) is 4.46. The average molecular weight is 310 g/mol. The summed E-state index contributed by atoms with van der Waals surface area (Å²) in [6, 6.07) is 13.1. The Morgan fingerprint density at radius 3 is 2.70 bits per heavy atom. The number of rotatable bonds is 5. The molecule has 4 heteroatoms. The first-order valence-corrected chi connectivity index (χ1v) is 8.47. The van der Waals surface area contributed by atoms with Gasteiger partial charge in [-0.25, -0.2) is 9.97 Å². The van der Waals surface area contributed by atoms with Crippen molar-refractivity contribution in [1.29, 1.82) is 0 Å². The first-order chi connectivity index (χ1) is 11.1. The molecule has 2 aromatic rings. The molecule has 1 fully saturated rings. The van der Waals surface area contributed by atoms with E-state index in [2.05, 4.69) is 71.3 Å². The van der Waals surface area contributed by atoms with Gasteiger partial charge in [0.15, 0.2) is 0 Å². The van der Waals surface area contributed by atoms with E-state index in [4.69, 9.17) is 0 Å². The maximum Gasteiger partial charge on any atom is 0.133 e. The average Bonchev–Trinajstić information content (AvgIpc) is 2.88. The van der Waals surface area contributed by atoms with Gasteiger partial charge in [-0.15, -0.1) is 0 Å². The zero-order valence-electron chi connectivity index (χ0n) is 14.2. The molecule has 0 amide bonds. The monoisotopic (exact) mass is 310 g/mol. The molecule has 23 heavy (non-hydrogen) atoms. The molecule has 2 heterocycles. The maximum atomic E-state index is 4.64. The van der Waals surface area contributed by atoms with Gasteiger partial charge in [-0.2, -0.15) is 0 Å². The summed E-state index contributed by atoms with van der Waals surface area (Å²) in [4.78, 5) is 11.5. The fourth-order valence-corrected chi connectivity index (χ4v) is 3.15. The van der Waals surface area contributed by atoms with Crippen LogP contribution in [0.1, 0.15) is 38.1 Å². The van der Waals surface area contributed by atoms with Gasteiger partial charge in [0.1, 0.15) is 11.6 Å². The van der Waals surface area contributed by atoms with E-state index in [1.54, 1.807) is 0 Å². The summed E-state index contributed by atoms with van der Waals surface area (Å²) in [7, 11) is 0. The summed E-state index contributed by atoms with van der Waals surface area (Å²) < 4.78 is 0. The predicted octanol–water partition coefficient (Wildman–Crippen LogP) is 3.53. The van der Waals surface area contributed by atoms with Crippen LogP contribution in [-0.2, 0) is 6.54 Å². The molecule has 1 aromatic heterocycles. The number of benzene rings is 1. The molecule has 2 atom stereocenters. The Bertz CT molecular complexity index is 626. The quantitative estimate of drug-likeness (QED) is 0.917. The zero-order valence-corrected chi connectivity index (χ0v) is 14.2. The largest absolute Gasteiger partial charge is 0.366 e. The summed E-state index contributed by atoms with van der Waals surface area (Å²) in [5.74, 6) is 2.81. The van der Waals surface area contributed by atoms with Gasteiger partial charge >= 0.3 is 0 Å². The number of likely N-dealkylation sites (tertiary alicyclic amines) is 1. The van der Waals surface area contributed by atoms with E-state index >= 15 is 0 Å². The minimum atomic E-state index is 0.354. The minimum absolute atomic E-state index is 0.354. The zero-order chi connectivity index (χ0) is 16.2. The van der Waals surface area contributed by atoms with Crippen LogP contribution in [0.2, 0.25) is 0 Å². The van der Waals surface area contributed by atoms with Crippen LogP contribution in [0.3, 0.4) is 0 Å². The number of nitrogens with zero attached hydrogens (tertiary/aromatic N) is 3. The highest BCUT2D eigenvalue weighted by molar-refractivity contribution is 5.35. The third-order valence-corrected chi connectivity index (χ3v) is 4.46. The number of hydrogen-bond donors (Lipinski definition) is 1. The summed E-state index contributed by atoms with van der Waals surface area (Å²) in [5, 5.41) is 3.61. The molecular formula is C19H26N4. The van der Waals surface area contributed by atoms with Crippen molar-refractivity contribution in [1.82, 2.24) is 14.9 Å². The summed E-state index contributed by atoms with van der Waals surface area (Å²) in [6.07, 6.45) is 1.85. The molecule has 2 unspecified atom stereocenters. The lowest BCUT2D eigenvalue weighted by atomic mass is 10.1. The van der Waals surface area contributed by atoms with Gasteiger partial charge in [-0.3, -0.25) is 4.90 Å². The van der Waals surface area contributed by atoms with E-state index in [-0.39, 0.29) is 0 Å². The van der Waals surface area contributed by atoms with Crippen molar-refractivity contribution in [2.75, 3.05) is 18.4 Å². The fourth-order valence-electron chi connectivity index (χ4n) is 3.15. The Labute approximate surface area is 139 Å². The SMILES string of the molecule is CC(C)c1nccc(NC2CN(Cc3ccccc3)CC2C)n1. The third kappa shape index (κ3) is 4.08. The molecule has 1 aromatic carbocycles. The Kier molecular flexibility index (Phi) is 4.91. The number of anilines is 1. The lowest BCUT2D eigenvalue weighted by Gasteiger charge is -2.18. The van der Waals surface area contributed by atoms with Crippen LogP contribution in [-0.4, -0.2) is 34.0 Å². The van der Waals surface area contributed by atoms with Gasteiger partial charge in [0.25, 0.3) is 0 Å². The van der Waals surface area contributed by atoms with Crippen LogP contribution in [0, 0.1) is 5.92 Å². The summed E-state index contributed by atoms with van der Waals surface area (Å²) in [5.41, 5.74) is 1.38. The van der Waals surface area contributed by atoms with Gasteiger partial charge in [-0.1, -0.05) is 51.1 Å². The standard InChI is InChI=1S/C19H26N4/c1-14(2)19-20-10-9-18(22-19)21-17-13-23(11-15(17)3)12-16-7-5-4-6-8-16/h4-10,14-15,17H,11-13H2,1-3H3,(H,20,21,22). The van der Waals surface area contributed by atoms with Gasteiger partial charge < -0.3 is 5.32 Å². The van der Waals surface area contributed by atoms with Crippen molar-refractivity contribution in [3.8, 4) is 0 Å². The van der Waals surface area contributed by atoms with Crippen molar-refractivity contribution in [2.45, 2.75) is 39.3 Å². The molecule has 3 rings (SSSR count). The van der Waals surface area contributed by atoms with Crippen LogP contribution in [0.15, 0.2) is 42.6 Å². The molecule has 1 saturated heterocycles. The van der Waals surface area contributed by atoms with Crippen LogP contribution in [0.25, 0.3) is 0 Å². The van der Waals surface area contributed by atoms with Gasteiger partial charge in [-0.05, 0) is 17.5 Å². The second-order valence-electron chi connectivity index (χ2n) is 6.86. The second-order valence-corrected chi connectivity index (χ2v) is 6.86. The van der Waals surface area contributed by atoms with E-state index in [0.29, 0.717) is 17.9 Å². The molecule has 1 N–H and O–H groups in total. The molecule has 0 saturated carbocycles. The second kappa shape index (κ2) is 7.09. The molecule has 122 valence electrons. The smallest absolute Gasteiger partial charge is 0.133 e. The van der Waals surface area contributed by atoms with Crippen LogP contribution < -0.4 is 5.32 Å². The maximum absolute atomic E-state index is 4.64. The van der Waals surface area contributed by atoms with E-state index in [9.17, 15) is 0 Å². The number of aromatic nitrogens is 2.